The number of hydrogen-bond acceptors (Lipinski definition) is 3. The van der Waals surface area contributed by atoms with E-state index in [-0.39, 0.29) is 16.2 Å². The van der Waals surface area contributed by atoms with Crippen molar-refractivity contribution in [2.45, 2.75) is 78.6 Å². The Balaban J connectivity index is 3.06. The number of nitrogen functional groups attached to an aromatic ring is 1. The predicted octanol–water partition coefficient (Wildman–Crippen LogP) is 4.43. The molecular formula is C18H30N4. The fourth-order valence-corrected chi connectivity index (χ4v) is 2.85. The van der Waals surface area contributed by atoms with Crippen molar-refractivity contribution in [3.05, 3.63) is 17.1 Å². The second-order valence-electron chi connectivity index (χ2n) is 9.31. The van der Waals surface area contributed by atoms with Gasteiger partial charge in [-0.05, 0) is 0 Å². The van der Waals surface area contributed by atoms with Gasteiger partial charge in [0.2, 0.25) is 0 Å². The number of nitrogens with two attached hydrogens (primary N) is 1. The van der Waals surface area contributed by atoms with E-state index < -0.39 is 0 Å². The van der Waals surface area contributed by atoms with Crippen LogP contribution in [-0.2, 0) is 16.2 Å². The summed E-state index contributed by atoms with van der Waals surface area (Å²) in [4.78, 5) is 3.66. The van der Waals surface area contributed by atoms with Crippen LogP contribution in [0.4, 0.5) is 5.82 Å². The van der Waals surface area contributed by atoms with Crippen molar-refractivity contribution in [2.24, 2.45) is 0 Å². The molecule has 0 amide bonds. The predicted molar refractivity (Wildman–Crippen MR) is 94.4 cm³/mol. The lowest BCUT2D eigenvalue weighted by Crippen LogP contribution is -2.19. The Morgan fingerprint density at radius 3 is 1.55 bits per heavy atom. The average molecular weight is 302 g/mol. The Kier molecular flexibility index (Phi) is 3.59. The summed E-state index contributed by atoms with van der Waals surface area (Å²) in [6.45, 7) is 19.7. The molecule has 0 fully saturated rings. The summed E-state index contributed by atoms with van der Waals surface area (Å²) in [7, 11) is 0. The lowest BCUT2D eigenvalue weighted by atomic mass is 9.83. The number of fused-ring (bicyclic) bond motifs is 1. The number of nitrogens with zero attached hydrogens (tertiary/aromatic N) is 2. The number of aromatic nitrogens is 3. The van der Waals surface area contributed by atoms with Gasteiger partial charge in [-0.1, -0.05) is 62.3 Å². The van der Waals surface area contributed by atoms with Gasteiger partial charge in [-0.25, -0.2) is 0 Å². The first-order chi connectivity index (χ1) is 9.74. The van der Waals surface area contributed by atoms with Crippen LogP contribution in [0.2, 0.25) is 0 Å². The topological polar surface area (TPSA) is 67.6 Å². The van der Waals surface area contributed by atoms with E-state index in [1.54, 1.807) is 0 Å². The third-order valence-electron chi connectivity index (χ3n) is 3.96. The molecule has 0 aliphatic carbocycles. The van der Waals surface area contributed by atoms with Crippen LogP contribution in [0.1, 0.15) is 79.4 Å². The number of hydrogen-bond donors (Lipinski definition) is 2. The van der Waals surface area contributed by atoms with Crippen LogP contribution in [0.25, 0.3) is 10.8 Å². The highest BCUT2D eigenvalue weighted by molar-refractivity contribution is 5.98. The zero-order valence-electron chi connectivity index (χ0n) is 15.5. The zero-order chi connectivity index (χ0) is 17.1. The molecule has 4 nitrogen and oxygen atoms in total. The zero-order valence-corrected chi connectivity index (χ0v) is 15.5. The molecule has 0 aliphatic rings. The minimum absolute atomic E-state index is 0.0166. The number of rotatable bonds is 0. The van der Waals surface area contributed by atoms with E-state index in [9.17, 15) is 0 Å². The maximum Gasteiger partial charge on any atom is 0.155 e. The molecule has 0 bridgehead atoms. The normalized spacial score (nSPS) is 13.9. The first kappa shape index (κ1) is 16.8. The molecule has 2 aromatic rings. The molecule has 0 unspecified atom stereocenters. The monoisotopic (exact) mass is 302 g/mol. The van der Waals surface area contributed by atoms with Gasteiger partial charge < -0.3 is 10.7 Å². The van der Waals surface area contributed by atoms with Crippen LogP contribution >= 0.6 is 0 Å². The Morgan fingerprint density at radius 1 is 0.682 bits per heavy atom. The SMILES string of the molecule is CC(C)(C)c1nnc(N)c2c(C(C)(C)C)[nH]c(C(C)(C)C)c12. The van der Waals surface area contributed by atoms with Crippen molar-refractivity contribution < 1.29 is 0 Å². The fraction of sp³-hybridized carbons (Fsp3) is 0.667. The van der Waals surface area contributed by atoms with Gasteiger partial charge in [-0.3, -0.25) is 0 Å². The van der Waals surface area contributed by atoms with Gasteiger partial charge in [0.25, 0.3) is 0 Å². The second-order valence-corrected chi connectivity index (χ2v) is 9.31. The molecule has 0 spiro atoms. The van der Waals surface area contributed by atoms with E-state index in [0.29, 0.717) is 5.82 Å². The molecule has 0 saturated carbocycles. The molecular weight excluding hydrogens is 272 g/mol. The highest BCUT2D eigenvalue weighted by Gasteiger charge is 2.32. The summed E-state index contributed by atoms with van der Waals surface area (Å²) in [5.74, 6) is 0.514. The molecule has 22 heavy (non-hydrogen) atoms. The minimum Gasteiger partial charge on any atom is -0.382 e. The van der Waals surface area contributed by atoms with Gasteiger partial charge in [0.1, 0.15) is 0 Å². The first-order valence-electron chi connectivity index (χ1n) is 7.94. The van der Waals surface area contributed by atoms with Crippen molar-refractivity contribution in [2.75, 3.05) is 5.73 Å². The van der Waals surface area contributed by atoms with Crippen LogP contribution in [0.5, 0.6) is 0 Å². The summed E-state index contributed by atoms with van der Waals surface area (Å²) >= 11 is 0. The Labute approximate surface area is 133 Å². The minimum atomic E-state index is -0.0870. The van der Waals surface area contributed by atoms with Crippen LogP contribution in [0.3, 0.4) is 0 Å². The van der Waals surface area contributed by atoms with Crippen LogP contribution in [-0.4, -0.2) is 15.2 Å². The molecule has 4 heteroatoms. The highest BCUT2D eigenvalue weighted by atomic mass is 15.1. The van der Waals surface area contributed by atoms with Crippen LogP contribution < -0.4 is 5.73 Å². The summed E-state index contributed by atoms with van der Waals surface area (Å²) < 4.78 is 0. The van der Waals surface area contributed by atoms with Crippen LogP contribution in [0, 0.1) is 0 Å². The van der Waals surface area contributed by atoms with Gasteiger partial charge in [-0.15, -0.1) is 5.10 Å². The van der Waals surface area contributed by atoms with Crippen molar-refractivity contribution in [3.8, 4) is 0 Å². The van der Waals surface area contributed by atoms with Gasteiger partial charge in [-0.2, -0.15) is 5.10 Å². The van der Waals surface area contributed by atoms with Gasteiger partial charge in [0.05, 0.1) is 5.69 Å². The summed E-state index contributed by atoms with van der Waals surface area (Å²) in [5, 5.41) is 10.9. The molecule has 2 heterocycles. The summed E-state index contributed by atoms with van der Waals surface area (Å²) in [5.41, 5.74) is 9.44. The smallest absolute Gasteiger partial charge is 0.155 e. The molecule has 2 aromatic heterocycles. The van der Waals surface area contributed by atoms with E-state index in [1.165, 1.54) is 5.69 Å². The van der Waals surface area contributed by atoms with Crippen LogP contribution in [0.15, 0.2) is 0 Å². The average Bonchev–Trinajstić information content (AvgIpc) is 2.67. The van der Waals surface area contributed by atoms with E-state index in [2.05, 4.69) is 77.5 Å². The Morgan fingerprint density at radius 2 is 1.14 bits per heavy atom. The van der Waals surface area contributed by atoms with Crippen molar-refractivity contribution in [1.82, 2.24) is 15.2 Å². The Hall–Kier alpha value is -1.58. The van der Waals surface area contributed by atoms with Crippen molar-refractivity contribution in [1.29, 1.82) is 0 Å². The lowest BCUT2D eigenvalue weighted by Gasteiger charge is -2.23. The summed E-state index contributed by atoms with van der Waals surface area (Å²) in [6, 6.07) is 0. The molecule has 3 N–H and O–H groups in total. The molecule has 0 saturated heterocycles. The Bertz CT molecular complexity index is 704. The van der Waals surface area contributed by atoms with E-state index >= 15 is 0 Å². The number of anilines is 1. The quantitative estimate of drug-likeness (QED) is 0.756. The lowest BCUT2D eigenvalue weighted by molar-refractivity contribution is 0.543. The van der Waals surface area contributed by atoms with Gasteiger partial charge in [0, 0.05) is 38.4 Å². The molecule has 0 radical (unpaired) electrons. The van der Waals surface area contributed by atoms with Crippen molar-refractivity contribution in [3.63, 3.8) is 0 Å². The molecule has 0 aliphatic heterocycles. The first-order valence-corrected chi connectivity index (χ1v) is 7.94. The maximum absolute atomic E-state index is 6.23. The molecule has 122 valence electrons. The van der Waals surface area contributed by atoms with E-state index in [0.717, 1.165) is 22.2 Å². The largest absolute Gasteiger partial charge is 0.382 e. The maximum atomic E-state index is 6.23. The van der Waals surface area contributed by atoms with E-state index in [1.807, 2.05) is 0 Å². The number of aromatic amines is 1. The van der Waals surface area contributed by atoms with E-state index in [4.69, 9.17) is 5.73 Å². The highest BCUT2D eigenvalue weighted by Crippen LogP contribution is 2.42. The van der Waals surface area contributed by atoms with Gasteiger partial charge >= 0.3 is 0 Å². The number of nitrogens with one attached hydrogen (secondary N) is 1. The van der Waals surface area contributed by atoms with Gasteiger partial charge in [0.15, 0.2) is 5.82 Å². The number of H-pyrrole nitrogens is 1. The fourth-order valence-electron chi connectivity index (χ4n) is 2.85. The summed E-state index contributed by atoms with van der Waals surface area (Å²) in [6.07, 6.45) is 0. The standard InChI is InChI=1S/C18H30N4/c1-16(2,3)12-10-11(13(20-12)17(4,5)6)15(19)22-21-14(10)18(7,8)9/h20H,1-9H3,(H2,19,22). The third-order valence-corrected chi connectivity index (χ3v) is 3.96. The molecule has 2 rings (SSSR count). The molecule has 0 atom stereocenters. The molecule has 0 aromatic carbocycles. The second kappa shape index (κ2) is 4.71. The van der Waals surface area contributed by atoms with Crippen molar-refractivity contribution >= 4 is 16.6 Å². The third kappa shape index (κ3) is 2.71.